The number of aromatic carboxylic acids is 1. The van der Waals surface area contributed by atoms with Crippen LogP contribution in [0.15, 0.2) is 91.0 Å². The summed E-state index contributed by atoms with van der Waals surface area (Å²) in [4.78, 5) is 78.5. The zero-order chi connectivity index (χ0) is 50.3. The number of nitrogens with zero attached hydrogens (tertiary/aromatic N) is 7. The third-order valence-corrected chi connectivity index (χ3v) is 14.2. The third-order valence-electron chi connectivity index (χ3n) is 13.3. The highest BCUT2D eigenvalue weighted by molar-refractivity contribution is 7.22. The number of carbonyl (C=O) groups excluding carboxylic acids is 4. The largest absolute Gasteiger partial charge is 0.492 e. The first kappa shape index (κ1) is 47.9. The maximum Gasteiger partial charge on any atom is 0.420 e. The monoisotopic (exact) mass is 1000 g/mol. The molecule has 2 saturated heterocycles. The van der Waals surface area contributed by atoms with Crippen molar-refractivity contribution in [1.82, 2.24) is 34.9 Å². The number of rotatable bonds is 13. The van der Waals surface area contributed by atoms with Gasteiger partial charge in [0.15, 0.2) is 10.8 Å². The lowest BCUT2D eigenvalue weighted by Gasteiger charge is -2.34. The number of anilines is 3. The Morgan fingerprint density at radius 3 is 2.44 bits per heavy atom. The number of piperidine rings is 1. The Labute approximate surface area is 413 Å². The molecule has 0 radical (unpaired) electrons. The van der Waals surface area contributed by atoms with Crippen LogP contribution in [0.25, 0.3) is 32.2 Å². The fourth-order valence-corrected chi connectivity index (χ4v) is 10.5. The summed E-state index contributed by atoms with van der Waals surface area (Å²) in [6.07, 6.45) is -3.81. The zero-order valence-corrected chi connectivity index (χ0v) is 39.6. The molecule has 1 atom stereocenters. The molecule has 3 aromatic heterocycles. The van der Waals surface area contributed by atoms with E-state index in [-0.39, 0.29) is 61.1 Å². The minimum atomic E-state index is -4.92. The summed E-state index contributed by atoms with van der Waals surface area (Å²) in [5, 5.41) is 24.4. The van der Waals surface area contributed by atoms with Crippen molar-refractivity contribution in [3.8, 4) is 16.9 Å². The maximum atomic E-state index is 15.0. The molecule has 6 heterocycles. The molecule has 3 aliphatic heterocycles. The van der Waals surface area contributed by atoms with Crippen LogP contribution in [0.2, 0.25) is 0 Å². The predicted octanol–water partition coefficient (Wildman–Crippen LogP) is 6.93. The second-order valence-corrected chi connectivity index (χ2v) is 18.9. The summed E-state index contributed by atoms with van der Waals surface area (Å²) >= 11 is 1.35. The van der Waals surface area contributed by atoms with Crippen LogP contribution in [0.5, 0.6) is 5.75 Å². The number of carbonyl (C=O) groups is 5. The smallest absolute Gasteiger partial charge is 0.420 e. The van der Waals surface area contributed by atoms with E-state index in [1.165, 1.54) is 41.7 Å². The van der Waals surface area contributed by atoms with Crippen LogP contribution in [0.4, 0.5) is 29.8 Å². The first-order valence-electron chi connectivity index (χ1n) is 23.3. The van der Waals surface area contributed by atoms with Crippen LogP contribution in [0.3, 0.4) is 0 Å². The molecule has 0 spiro atoms. The van der Waals surface area contributed by atoms with E-state index in [0.717, 1.165) is 32.2 Å². The maximum absolute atomic E-state index is 15.0. The number of ether oxygens (including phenoxy) is 1. The van der Waals surface area contributed by atoms with Crippen LogP contribution >= 0.6 is 11.3 Å². The van der Waals surface area contributed by atoms with Crippen molar-refractivity contribution in [3.05, 3.63) is 125 Å². The quantitative estimate of drug-likeness (QED) is 0.0867. The third kappa shape index (κ3) is 9.94. The molecule has 4 amide bonds. The number of piperazine rings is 1. The minimum absolute atomic E-state index is 0.0885. The SMILES string of the molecule is Cn1nc(C2CCC(=O)NC2=O)c2ccc(NC(=O)CN3CCN(CCOc4cccc(-c5ccc(N6CCc7cccc(C(=O)Nc8nc9ccccc9s8)c7C6)nc5C(=O)O)c4C(F)(F)F)CC3)cc21. The highest BCUT2D eigenvalue weighted by atomic mass is 32.1. The minimum Gasteiger partial charge on any atom is -0.492 e. The van der Waals surface area contributed by atoms with Gasteiger partial charge in [-0.2, -0.15) is 18.3 Å². The van der Waals surface area contributed by atoms with Crippen LogP contribution in [0.1, 0.15) is 62.0 Å². The van der Waals surface area contributed by atoms with E-state index in [2.05, 4.69) is 31.0 Å². The average Bonchev–Trinajstić information content (AvgIpc) is 3.92. The van der Waals surface area contributed by atoms with Crippen molar-refractivity contribution in [2.45, 2.75) is 37.9 Å². The number of hydrogen-bond donors (Lipinski definition) is 4. The summed E-state index contributed by atoms with van der Waals surface area (Å²) in [7, 11) is 1.75. The lowest BCUT2D eigenvalue weighted by molar-refractivity contribution is -0.138. The summed E-state index contributed by atoms with van der Waals surface area (Å²) < 4.78 is 53.4. The van der Waals surface area contributed by atoms with Gasteiger partial charge in [-0.25, -0.2) is 14.8 Å². The molecule has 4 aromatic carbocycles. The van der Waals surface area contributed by atoms with Gasteiger partial charge >= 0.3 is 12.1 Å². The molecule has 21 heteroatoms. The summed E-state index contributed by atoms with van der Waals surface area (Å²) in [5.41, 5.74) is 2.39. The van der Waals surface area contributed by atoms with Crippen molar-refractivity contribution in [1.29, 1.82) is 0 Å². The molecule has 4 N–H and O–H groups in total. The Hall–Kier alpha value is -7.75. The molecule has 10 rings (SSSR count). The number of pyridine rings is 1. The standard InChI is InChI=1S/C51H47F3N10O7S/c1-61-38-26-30(12-13-34(38)45(60-61)35-15-17-42(65)58-48(35)68)55-43(66)28-63-22-20-62(21-23-63)24-25-71-39-10-5-7-31(44(39)51(52,53)54)32-14-16-41(57-46(32)49(69)70)64-19-18-29-6-4-8-33(36(29)27-64)47(67)59-50-56-37-9-2-3-11-40(37)72-50/h2-14,16,26,35H,15,17-25,27-28H2,1H3,(H,55,66)(H,69,70)(H,56,59,67)(H,58,65,68). The Morgan fingerprint density at radius 1 is 0.875 bits per heavy atom. The number of benzene rings is 4. The molecule has 1 unspecified atom stereocenters. The van der Waals surface area contributed by atoms with Gasteiger partial charge in [0.2, 0.25) is 17.7 Å². The number of aryl methyl sites for hydroxylation is 1. The Balaban J connectivity index is 0.762. The van der Waals surface area contributed by atoms with Gasteiger partial charge in [0, 0.05) is 87.0 Å². The predicted molar refractivity (Wildman–Crippen MR) is 263 cm³/mol. The highest BCUT2D eigenvalue weighted by Crippen LogP contribution is 2.44. The van der Waals surface area contributed by atoms with Crippen LogP contribution in [-0.4, -0.2) is 117 Å². The van der Waals surface area contributed by atoms with E-state index in [9.17, 15) is 29.1 Å². The number of alkyl halides is 3. The Morgan fingerprint density at radius 2 is 1.67 bits per heavy atom. The first-order valence-corrected chi connectivity index (χ1v) is 24.1. The fraction of sp³-hybridized carbons (Fsp3) is 0.294. The van der Waals surface area contributed by atoms with Crippen LogP contribution in [0, 0.1) is 0 Å². The Kier molecular flexibility index (Phi) is 13.2. The summed E-state index contributed by atoms with van der Waals surface area (Å²) in [6, 6.07) is 25.0. The van der Waals surface area contributed by atoms with Crippen molar-refractivity contribution in [2.75, 3.05) is 68.0 Å². The molecule has 7 aromatic rings. The lowest BCUT2D eigenvalue weighted by atomic mass is 9.93. The first-order chi connectivity index (χ1) is 34.7. The van der Waals surface area contributed by atoms with E-state index >= 15 is 13.2 Å². The van der Waals surface area contributed by atoms with E-state index in [4.69, 9.17) is 4.74 Å². The number of imide groups is 1. The van der Waals surface area contributed by atoms with Crippen molar-refractivity contribution < 1.29 is 47.0 Å². The van der Waals surface area contributed by atoms with E-state index < -0.39 is 40.6 Å². The van der Waals surface area contributed by atoms with E-state index in [0.29, 0.717) is 74.2 Å². The van der Waals surface area contributed by atoms with Gasteiger partial charge < -0.3 is 20.1 Å². The zero-order valence-electron chi connectivity index (χ0n) is 38.8. The molecule has 0 aliphatic carbocycles. The molecule has 2 fully saturated rings. The number of nitrogens with one attached hydrogen (secondary N) is 3. The van der Waals surface area contributed by atoms with Crippen molar-refractivity contribution >= 4 is 78.7 Å². The molecule has 17 nitrogen and oxygen atoms in total. The fourth-order valence-electron chi connectivity index (χ4n) is 9.69. The van der Waals surface area contributed by atoms with Crippen LogP contribution < -0.4 is 25.6 Å². The van der Waals surface area contributed by atoms with Gasteiger partial charge in [-0.1, -0.05) is 47.7 Å². The van der Waals surface area contributed by atoms with Gasteiger partial charge in [-0.3, -0.25) is 44.3 Å². The van der Waals surface area contributed by atoms with Gasteiger partial charge in [0.25, 0.3) is 5.91 Å². The lowest BCUT2D eigenvalue weighted by Crippen LogP contribution is -2.49. The van der Waals surface area contributed by atoms with Crippen molar-refractivity contribution in [3.63, 3.8) is 0 Å². The van der Waals surface area contributed by atoms with Gasteiger partial charge in [-0.05, 0) is 78.6 Å². The number of carboxylic acid groups (broad SMARTS) is 1. The number of carboxylic acids is 1. The van der Waals surface area contributed by atoms with Gasteiger partial charge in [0.05, 0.1) is 33.9 Å². The Bertz CT molecular complexity index is 3260. The van der Waals surface area contributed by atoms with Gasteiger partial charge in [0.1, 0.15) is 23.7 Å². The normalized spacial score (nSPS) is 16.7. The number of hydrogen-bond acceptors (Lipinski definition) is 13. The number of halogens is 3. The average molecular weight is 1000 g/mol. The number of para-hydroxylation sites is 1. The second kappa shape index (κ2) is 19.8. The summed E-state index contributed by atoms with van der Waals surface area (Å²) in [6.45, 7) is 3.08. The van der Waals surface area contributed by atoms with Crippen molar-refractivity contribution in [2.24, 2.45) is 7.05 Å². The number of aromatic nitrogens is 4. The molecular formula is C51H47F3N10O7S. The van der Waals surface area contributed by atoms with Gasteiger partial charge in [-0.15, -0.1) is 0 Å². The molecule has 0 saturated carbocycles. The topological polar surface area (TPSA) is 204 Å². The summed E-state index contributed by atoms with van der Waals surface area (Å²) in [5.74, 6) is -3.55. The van der Waals surface area contributed by atoms with E-state index in [1.807, 2.05) is 40.1 Å². The molecule has 0 bridgehead atoms. The number of amides is 4. The van der Waals surface area contributed by atoms with E-state index in [1.54, 1.807) is 47.0 Å². The molecule has 72 heavy (non-hydrogen) atoms. The molecule has 370 valence electrons. The van der Waals surface area contributed by atoms with Crippen LogP contribution in [-0.2, 0) is 40.6 Å². The molecule has 3 aliphatic rings. The second-order valence-electron chi connectivity index (χ2n) is 17.9. The number of fused-ring (bicyclic) bond motifs is 3. The highest BCUT2D eigenvalue weighted by Gasteiger charge is 2.39. The number of thiazole rings is 1. The molecular weight excluding hydrogens is 954 g/mol.